The van der Waals surface area contributed by atoms with Crippen molar-refractivity contribution in [3.8, 4) is 0 Å². The number of amides is 1. The number of halogens is 1. The third-order valence-electron chi connectivity index (χ3n) is 2.66. The maximum absolute atomic E-state index is 11.7. The van der Waals surface area contributed by atoms with Crippen LogP contribution in [0.4, 0.5) is 0 Å². The van der Waals surface area contributed by atoms with Crippen LogP contribution in [0.3, 0.4) is 0 Å². The molecule has 0 aliphatic carbocycles. The zero-order valence-corrected chi connectivity index (χ0v) is 12.2. The molecular weight excluding hydrogens is 264 g/mol. The molecule has 0 saturated heterocycles. The van der Waals surface area contributed by atoms with E-state index in [0.29, 0.717) is 26.2 Å². The van der Waals surface area contributed by atoms with Crippen LogP contribution in [0.25, 0.3) is 0 Å². The molecule has 0 aliphatic heterocycles. The lowest BCUT2D eigenvalue weighted by Gasteiger charge is -2.17. The van der Waals surface area contributed by atoms with Crippen molar-refractivity contribution < 1.29 is 9.53 Å². The van der Waals surface area contributed by atoms with Crippen molar-refractivity contribution >= 4 is 17.5 Å². The molecule has 5 heteroatoms. The highest BCUT2D eigenvalue weighted by molar-refractivity contribution is 6.31. The molecule has 1 N–H and O–H groups in total. The molecule has 0 aliphatic rings. The van der Waals surface area contributed by atoms with Gasteiger partial charge in [-0.05, 0) is 25.1 Å². The van der Waals surface area contributed by atoms with E-state index < -0.39 is 0 Å². The summed E-state index contributed by atoms with van der Waals surface area (Å²) in [5.41, 5.74) is 1.03. The molecule has 1 aromatic rings. The van der Waals surface area contributed by atoms with Gasteiger partial charge in [-0.15, -0.1) is 0 Å². The Morgan fingerprint density at radius 1 is 1.42 bits per heavy atom. The Morgan fingerprint density at radius 2 is 2.16 bits per heavy atom. The average Bonchev–Trinajstić information content (AvgIpc) is 2.37. The predicted octanol–water partition coefficient (Wildman–Crippen LogP) is 1.92. The van der Waals surface area contributed by atoms with Gasteiger partial charge in [-0.25, -0.2) is 0 Å². The van der Waals surface area contributed by atoms with Crippen LogP contribution in [0, 0.1) is 0 Å². The van der Waals surface area contributed by atoms with Gasteiger partial charge in [-0.1, -0.05) is 29.8 Å². The number of rotatable bonds is 8. The van der Waals surface area contributed by atoms with Crippen molar-refractivity contribution in [3.05, 3.63) is 34.9 Å². The number of nitrogens with one attached hydrogen (secondary N) is 1. The third-order valence-corrected chi connectivity index (χ3v) is 3.03. The molecule has 0 aromatic heterocycles. The van der Waals surface area contributed by atoms with Crippen molar-refractivity contribution in [2.24, 2.45) is 0 Å². The molecule has 0 saturated carbocycles. The van der Waals surface area contributed by atoms with Gasteiger partial charge in [-0.2, -0.15) is 0 Å². The monoisotopic (exact) mass is 284 g/mol. The summed E-state index contributed by atoms with van der Waals surface area (Å²) in [6, 6.07) is 7.67. The Bertz CT molecular complexity index is 399. The van der Waals surface area contributed by atoms with E-state index in [0.717, 1.165) is 17.0 Å². The first-order valence-corrected chi connectivity index (χ1v) is 6.69. The number of ether oxygens (including phenoxy) is 1. The Labute approximate surface area is 119 Å². The smallest absolute Gasteiger partial charge is 0.234 e. The minimum atomic E-state index is 0.0191. The van der Waals surface area contributed by atoms with Gasteiger partial charge >= 0.3 is 0 Å². The molecule has 0 unspecified atom stereocenters. The second-order valence-corrected chi connectivity index (χ2v) is 4.87. The molecule has 1 aromatic carbocycles. The van der Waals surface area contributed by atoms with Crippen molar-refractivity contribution in [1.29, 1.82) is 0 Å². The van der Waals surface area contributed by atoms with E-state index in [9.17, 15) is 4.79 Å². The fourth-order valence-electron chi connectivity index (χ4n) is 1.72. The van der Waals surface area contributed by atoms with Gasteiger partial charge in [0.2, 0.25) is 5.91 Å². The maximum atomic E-state index is 11.7. The van der Waals surface area contributed by atoms with Crippen LogP contribution in [0.2, 0.25) is 5.02 Å². The molecular formula is C14H21ClN2O2. The van der Waals surface area contributed by atoms with Crippen molar-refractivity contribution in [1.82, 2.24) is 10.2 Å². The van der Waals surface area contributed by atoms with Crippen LogP contribution in [-0.4, -0.2) is 44.7 Å². The van der Waals surface area contributed by atoms with Gasteiger partial charge in [0.1, 0.15) is 0 Å². The molecule has 1 rings (SSSR count). The number of likely N-dealkylation sites (N-methyl/N-ethyl adjacent to an activating group) is 1. The molecule has 1 amide bonds. The Kier molecular flexibility index (Phi) is 7.48. The van der Waals surface area contributed by atoms with Crippen LogP contribution in [0.1, 0.15) is 12.0 Å². The van der Waals surface area contributed by atoms with E-state index >= 15 is 0 Å². The second kappa shape index (κ2) is 8.91. The summed E-state index contributed by atoms with van der Waals surface area (Å²) in [4.78, 5) is 13.6. The van der Waals surface area contributed by atoms with Crippen LogP contribution < -0.4 is 5.32 Å². The Hall–Kier alpha value is -1.10. The number of carbonyl (C=O) groups excluding carboxylic acids is 1. The highest BCUT2D eigenvalue weighted by Gasteiger charge is 2.08. The molecule has 0 fully saturated rings. The molecule has 0 bridgehead atoms. The first kappa shape index (κ1) is 16.0. The van der Waals surface area contributed by atoms with Crippen molar-refractivity contribution in [3.63, 3.8) is 0 Å². The quantitative estimate of drug-likeness (QED) is 0.742. The lowest BCUT2D eigenvalue weighted by Crippen LogP contribution is -2.35. The first-order valence-electron chi connectivity index (χ1n) is 6.31. The molecule has 0 spiro atoms. The zero-order valence-electron chi connectivity index (χ0n) is 11.5. The molecule has 106 valence electrons. The lowest BCUT2D eigenvalue weighted by molar-refractivity contribution is -0.122. The zero-order chi connectivity index (χ0) is 14.1. The number of nitrogens with zero attached hydrogens (tertiary/aromatic N) is 1. The molecule has 0 radical (unpaired) electrons. The van der Waals surface area contributed by atoms with Crippen LogP contribution >= 0.6 is 11.6 Å². The van der Waals surface area contributed by atoms with Crippen LogP contribution in [0.15, 0.2) is 24.3 Å². The molecule has 0 heterocycles. The second-order valence-electron chi connectivity index (χ2n) is 4.46. The summed E-state index contributed by atoms with van der Waals surface area (Å²) in [7, 11) is 3.55. The van der Waals surface area contributed by atoms with Gasteiger partial charge in [0, 0.05) is 31.8 Å². The SMILES string of the molecule is COCCCNC(=O)CN(C)Cc1ccccc1Cl. The predicted molar refractivity (Wildman–Crippen MR) is 77.3 cm³/mol. The average molecular weight is 285 g/mol. The molecule has 4 nitrogen and oxygen atoms in total. The van der Waals surface area contributed by atoms with E-state index in [1.807, 2.05) is 36.2 Å². The summed E-state index contributed by atoms with van der Waals surface area (Å²) in [5, 5.41) is 3.59. The third kappa shape index (κ3) is 6.57. The first-order chi connectivity index (χ1) is 9.13. The van der Waals surface area contributed by atoms with Crippen LogP contribution in [-0.2, 0) is 16.1 Å². The molecule has 0 atom stereocenters. The lowest BCUT2D eigenvalue weighted by atomic mass is 10.2. The fourth-order valence-corrected chi connectivity index (χ4v) is 1.91. The summed E-state index contributed by atoms with van der Waals surface area (Å²) >= 11 is 6.08. The van der Waals surface area contributed by atoms with Gasteiger partial charge in [0.05, 0.1) is 6.54 Å². The number of methoxy groups -OCH3 is 1. The van der Waals surface area contributed by atoms with E-state index in [-0.39, 0.29) is 5.91 Å². The highest BCUT2D eigenvalue weighted by atomic mass is 35.5. The van der Waals surface area contributed by atoms with Crippen molar-refractivity contribution in [2.75, 3.05) is 33.9 Å². The van der Waals surface area contributed by atoms with Crippen LogP contribution in [0.5, 0.6) is 0 Å². The number of hydrogen-bond donors (Lipinski definition) is 1. The van der Waals surface area contributed by atoms with Gasteiger partial charge in [-0.3, -0.25) is 9.69 Å². The van der Waals surface area contributed by atoms with Crippen molar-refractivity contribution in [2.45, 2.75) is 13.0 Å². The Balaban J connectivity index is 2.29. The van der Waals surface area contributed by atoms with E-state index in [4.69, 9.17) is 16.3 Å². The molecule has 19 heavy (non-hydrogen) atoms. The highest BCUT2D eigenvalue weighted by Crippen LogP contribution is 2.16. The minimum Gasteiger partial charge on any atom is -0.385 e. The topological polar surface area (TPSA) is 41.6 Å². The standard InChI is InChI=1S/C14H21ClN2O2/c1-17(10-12-6-3-4-7-13(12)15)11-14(18)16-8-5-9-19-2/h3-4,6-7H,5,8-11H2,1-2H3,(H,16,18). The summed E-state index contributed by atoms with van der Waals surface area (Å²) < 4.78 is 4.92. The number of carbonyl (C=O) groups is 1. The Morgan fingerprint density at radius 3 is 2.84 bits per heavy atom. The largest absolute Gasteiger partial charge is 0.385 e. The van der Waals surface area contributed by atoms with E-state index in [2.05, 4.69) is 5.32 Å². The summed E-state index contributed by atoms with van der Waals surface area (Å²) in [6.07, 6.45) is 0.830. The fraction of sp³-hybridized carbons (Fsp3) is 0.500. The summed E-state index contributed by atoms with van der Waals surface area (Å²) in [6.45, 7) is 2.33. The van der Waals surface area contributed by atoms with Gasteiger partial charge in [0.25, 0.3) is 0 Å². The van der Waals surface area contributed by atoms with Gasteiger partial charge < -0.3 is 10.1 Å². The summed E-state index contributed by atoms with van der Waals surface area (Å²) in [5.74, 6) is 0.0191. The van der Waals surface area contributed by atoms with E-state index in [1.54, 1.807) is 7.11 Å². The number of benzene rings is 1. The normalized spacial score (nSPS) is 10.7. The number of hydrogen-bond acceptors (Lipinski definition) is 3. The van der Waals surface area contributed by atoms with Gasteiger partial charge in [0.15, 0.2) is 0 Å². The minimum absolute atomic E-state index is 0.0191. The maximum Gasteiger partial charge on any atom is 0.234 e. The van der Waals surface area contributed by atoms with E-state index in [1.165, 1.54) is 0 Å².